The number of hydrogen-bond donors (Lipinski definition) is 1. The van der Waals surface area contributed by atoms with Gasteiger partial charge in [0.15, 0.2) is 0 Å². The summed E-state index contributed by atoms with van der Waals surface area (Å²) in [6, 6.07) is 5.55. The van der Waals surface area contributed by atoms with Crippen molar-refractivity contribution < 1.29 is 9.53 Å². The van der Waals surface area contributed by atoms with E-state index in [1.807, 2.05) is 24.0 Å². The first-order valence-corrected chi connectivity index (χ1v) is 10.8. The highest BCUT2D eigenvalue weighted by Crippen LogP contribution is 2.44. The SMILES string of the molecule is Cc1cccc(C(=O)N2CCC3(CCc4c3nc(N3CCOCC3)[nH]c4=O)CC2)n1. The van der Waals surface area contributed by atoms with Crippen LogP contribution in [-0.2, 0) is 16.6 Å². The predicted molar refractivity (Wildman–Crippen MR) is 112 cm³/mol. The Labute approximate surface area is 175 Å². The number of anilines is 1. The number of amides is 1. The molecule has 0 bridgehead atoms. The van der Waals surface area contributed by atoms with Crippen LogP contribution in [0.4, 0.5) is 5.95 Å². The van der Waals surface area contributed by atoms with Crippen LogP contribution in [0.15, 0.2) is 23.0 Å². The van der Waals surface area contributed by atoms with Crippen LogP contribution in [0.5, 0.6) is 0 Å². The quantitative estimate of drug-likeness (QED) is 0.807. The van der Waals surface area contributed by atoms with Crippen molar-refractivity contribution in [1.29, 1.82) is 0 Å². The zero-order valence-corrected chi connectivity index (χ0v) is 17.3. The molecule has 2 saturated heterocycles. The molecule has 158 valence electrons. The summed E-state index contributed by atoms with van der Waals surface area (Å²) in [5.74, 6) is 0.644. The van der Waals surface area contributed by atoms with Crippen LogP contribution in [0.25, 0.3) is 0 Å². The second-order valence-corrected chi connectivity index (χ2v) is 8.55. The fourth-order valence-corrected chi connectivity index (χ4v) is 5.01. The summed E-state index contributed by atoms with van der Waals surface area (Å²) in [5.41, 5.74) is 3.00. The molecule has 1 amide bonds. The second-order valence-electron chi connectivity index (χ2n) is 8.55. The van der Waals surface area contributed by atoms with Gasteiger partial charge in [0.25, 0.3) is 11.5 Å². The predicted octanol–water partition coefficient (Wildman–Crippen LogP) is 1.43. The molecule has 30 heavy (non-hydrogen) atoms. The Bertz CT molecular complexity index is 1020. The van der Waals surface area contributed by atoms with E-state index < -0.39 is 0 Å². The maximum Gasteiger partial charge on any atom is 0.272 e. The number of piperidine rings is 1. The number of H-pyrrole nitrogens is 1. The van der Waals surface area contributed by atoms with E-state index in [1.165, 1.54) is 0 Å². The lowest BCUT2D eigenvalue weighted by atomic mass is 9.76. The molecule has 1 spiro atoms. The number of ether oxygens (including phenoxy) is 1. The number of hydrogen-bond acceptors (Lipinski definition) is 6. The van der Waals surface area contributed by atoms with Crippen molar-refractivity contribution in [3.63, 3.8) is 0 Å². The summed E-state index contributed by atoms with van der Waals surface area (Å²) >= 11 is 0. The monoisotopic (exact) mass is 409 g/mol. The molecular formula is C22H27N5O3. The van der Waals surface area contributed by atoms with Gasteiger partial charge in [-0.05, 0) is 44.7 Å². The van der Waals surface area contributed by atoms with Gasteiger partial charge in [-0.2, -0.15) is 0 Å². The standard InChI is InChI=1S/C22H27N5O3/c1-15-3-2-4-17(23-15)20(29)26-9-7-22(8-10-26)6-5-16-18(22)24-21(25-19(16)28)27-11-13-30-14-12-27/h2-4H,5-14H2,1H3,(H,24,25,28). The number of morpholine rings is 1. The number of nitrogens with one attached hydrogen (secondary N) is 1. The topological polar surface area (TPSA) is 91.4 Å². The van der Waals surface area contributed by atoms with Gasteiger partial charge in [-0.25, -0.2) is 9.97 Å². The minimum absolute atomic E-state index is 0.0131. The number of aromatic amines is 1. The normalized spacial score (nSPS) is 20.4. The van der Waals surface area contributed by atoms with Crippen molar-refractivity contribution in [3.05, 3.63) is 51.2 Å². The molecule has 0 saturated carbocycles. The highest BCUT2D eigenvalue weighted by Gasteiger charge is 2.45. The average molecular weight is 409 g/mol. The molecular weight excluding hydrogens is 382 g/mol. The van der Waals surface area contributed by atoms with Gasteiger partial charge in [-0.1, -0.05) is 6.07 Å². The van der Waals surface area contributed by atoms with E-state index in [-0.39, 0.29) is 16.9 Å². The summed E-state index contributed by atoms with van der Waals surface area (Å²) in [7, 11) is 0. The Morgan fingerprint density at radius 1 is 1.10 bits per heavy atom. The summed E-state index contributed by atoms with van der Waals surface area (Å²) in [6.07, 6.45) is 3.34. The molecule has 0 radical (unpaired) electrons. The number of pyridine rings is 1. The minimum atomic E-state index is -0.110. The van der Waals surface area contributed by atoms with Crippen molar-refractivity contribution in [3.8, 4) is 0 Å². The Morgan fingerprint density at radius 2 is 1.87 bits per heavy atom. The highest BCUT2D eigenvalue weighted by molar-refractivity contribution is 5.92. The number of fused-ring (bicyclic) bond motifs is 2. The fraction of sp³-hybridized carbons (Fsp3) is 0.545. The van der Waals surface area contributed by atoms with Gasteiger partial charge < -0.3 is 14.5 Å². The minimum Gasteiger partial charge on any atom is -0.378 e. The lowest BCUT2D eigenvalue weighted by molar-refractivity contribution is 0.0657. The van der Waals surface area contributed by atoms with Crippen LogP contribution in [0.2, 0.25) is 0 Å². The van der Waals surface area contributed by atoms with Gasteiger partial charge in [0.2, 0.25) is 5.95 Å². The number of rotatable bonds is 2. The molecule has 0 unspecified atom stereocenters. The first kappa shape index (κ1) is 19.2. The van der Waals surface area contributed by atoms with Gasteiger partial charge in [0.1, 0.15) is 5.69 Å². The maximum absolute atomic E-state index is 12.9. The molecule has 8 heteroatoms. The molecule has 1 N–H and O–H groups in total. The first-order valence-electron chi connectivity index (χ1n) is 10.8. The molecule has 2 fully saturated rings. The maximum atomic E-state index is 12.9. The van der Waals surface area contributed by atoms with Crippen LogP contribution >= 0.6 is 0 Å². The molecule has 2 aromatic heterocycles. The first-order chi connectivity index (χ1) is 14.6. The lowest BCUT2D eigenvalue weighted by Gasteiger charge is -2.39. The summed E-state index contributed by atoms with van der Waals surface area (Å²) in [5, 5.41) is 0. The fourth-order valence-electron chi connectivity index (χ4n) is 5.01. The van der Waals surface area contributed by atoms with Crippen molar-refractivity contribution in [2.24, 2.45) is 0 Å². The third-order valence-corrected chi connectivity index (χ3v) is 6.78. The molecule has 5 rings (SSSR count). The van der Waals surface area contributed by atoms with E-state index in [0.717, 1.165) is 55.7 Å². The van der Waals surface area contributed by atoms with Gasteiger partial charge in [0, 0.05) is 42.9 Å². The van der Waals surface area contributed by atoms with Crippen LogP contribution in [0.1, 0.15) is 46.7 Å². The molecule has 8 nitrogen and oxygen atoms in total. The summed E-state index contributed by atoms with van der Waals surface area (Å²) < 4.78 is 5.43. The molecule has 1 aliphatic carbocycles. The number of aromatic nitrogens is 3. The third-order valence-electron chi connectivity index (χ3n) is 6.78. The van der Waals surface area contributed by atoms with Crippen LogP contribution in [-0.4, -0.2) is 65.2 Å². The molecule has 0 aromatic carbocycles. The zero-order valence-electron chi connectivity index (χ0n) is 17.3. The van der Waals surface area contributed by atoms with Crippen molar-refractivity contribution in [2.45, 2.75) is 38.0 Å². The Kier molecular flexibility index (Phi) is 4.81. The van der Waals surface area contributed by atoms with Crippen LogP contribution in [0.3, 0.4) is 0 Å². The average Bonchev–Trinajstić information content (AvgIpc) is 3.13. The van der Waals surface area contributed by atoms with E-state index in [2.05, 4.69) is 14.9 Å². The van der Waals surface area contributed by atoms with Crippen LogP contribution in [0, 0.1) is 6.92 Å². The summed E-state index contributed by atoms with van der Waals surface area (Å²) in [6.45, 7) is 5.99. The van der Waals surface area contributed by atoms with Crippen molar-refractivity contribution >= 4 is 11.9 Å². The van der Waals surface area contributed by atoms with Gasteiger partial charge >= 0.3 is 0 Å². The van der Waals surface area contributed by atoms with Crippen molar-refractivity contribution in [1.82, 2.24) is 19.9 Å². The van der Waals surface area contributed by atoms with E-state index in [0.29, 0.717) is 37.9 Å². The number of likely N-dealkylation sites (tertiary alicyclic amines) is 1. The Hall–Kier alpha value is -2.74. The van der Waals surface area contributed by atoms with E-state index >= 15 is 0 Å². The van der Waals surface area contributed by atoms with E-state index in [9.17, 15) is 9.59 Å². The third kappa shape index (κ3) is 3.29. The second kappa shape index (κ2) is 7.50. The van der Waals surface area contributed by atoms with Gasteiger partial charge in [0.05, 0.1) is 18.9 Å². The molecule has 4 heterocycles. The lowest BCUT2D eigenvalue weighted by Crippen LogP contribution is -2.45. The Balaban J connectivity index is 1.37. The van der Waals surface area contributed by atoms with Gasteiger partial charge in [-0.3, -0.25) is 14.6 Å². The molecule has 2 aromatic rings. The highest BCUT2D eigenvalue weighted by atomic mass is 16.5. The van der Waals surface area contributed by atoms with E-state index in [4.69, 9.17) is 9.72 Å². The summed E-state index contributed by atoms with van der Waals surface area (Å²) in [4.78, 5) is 42.0. The number of aryl methyl sites for hydroxylation is 1. The number of carbonyl (C=O) groups is 1. The van der Waals surface area contributed by atoms with E-state index in [1.54, 1.807) is 6.07 Å². The van der Waals surface area contributed by atoms with Gasteiger partial charge in [-0.15, -0.1) is 0 Å². The number of nitrogens with zero attached hydrogens (tertiary/aromatic N) is 4. The molecule has 3 aliphatic rings. The smallest absolute Gasteiger partial charge is 0.272 e. The van der Waals surface area contributed by atoms with Crippen LogP contribution < -0.4 is 10.5 Å². The largest absolute Gasteiger partial charge is 0.378 e. The van der Waals surface area contributed by atoms with Crippen molar-refractivity contribution in [2.75, 3.05) is 44.3 Å². The number of carbonyl (C=O) groups excluding carboxylic acids is 1. The molecule has 2 aliphatic heterocycles. The molecule has 0 atom stereocenters. The Morgan fingerprint density at radius 3 is 2.60 bits per heavy atom. The zero-order chi connectivity index (χ0) is 20.7.